The van der Waals surface area contributed by atoms with Crippen molar-refractivity contribution in [2.75, 3.05) is 5.32 Å². The largest absolute Gasteiger partial charge is 0.391 e. The van der Waals surface area contributed by atoms with Gasteiger partial charge in [0, 0.05) is 18.9 Å². The number of aryl methyl sites for hydroxylation is 2. The van der Waals surface area contributed by atoms with Crippen molar-refractivity contribution in [3.05, 3.63) is 35.9 Å². The van der Waals surface area contributed by atoms with E-state index in [1.54, 1.807) is 6.20 Å². The Balaban J connectivity index is 1.65. The van der Waals surface area contributed by atoms with Crippen molar-refractivity contribution in [1.82, 2.24) is 20.0 Å². The Labute approximate surface area is 124 Å². The highest BCUT2D eigenvalue weighted by Crippen LogP contribution is 2.30. The minimum atomic E-state index is -0.335. The number of aliphatic hydroxyl groups excluding tert-OH is 1. The first-order valence-corrected chi connectivity index (χ1v) is 7.35. The molecular formula is C15H21N5O. The zero-order valence-corrected chi connectivity index (χ0v) is 12.4. The van der Waals surface area contributed by atoms with E-state index in [4.69, 9.17) is 0 Å². The summed E-state index contributed by atoms with van der Waals surface area (Å²) < 4.78 is 1.93. The third kappa shape index (κ3) is 3.21. The maximum Gasteiger partial charge on any atom is 0.0831 e. The number of hydrogen-bond donors (Lipinski definition) is 2. The molecule has 0 aliphatic heterocycles. The van der Waals surface area contributed by atoms with E-state index >= 15 is 0 Å². The third-order valence-corrected chi connectivity index (χ3v) is 4.07. The molecule has 1 fully saturated rings. The summed E-state index contributed by atoms with van der Waals surface area (Å²) in [5, 5.41) is 26.1. The molecule has 0 spiro atoms. The lowest BCUT2D eigenvalue weighted by Crippen LogP contribution is -2.28. The molecule has 6 nitrogen and oxygen atoms in total. The third-order valence-electron chi connectivity index (χ3n) is 4.07. The Kier molecular flexibility index (Phi) is 3.88. The Bertz CT molecular complexity index is 598. The summed E-state index contributed by atoms with van der Waals surface area (Å²) in [7, 11) is 0. The first kappa shape index (κ1) is 14.0. The highest BCUT2D eigenvalue weighted by molar-refractivity contribution is 5.48. The number of anilines is 1. The fraction of sp³-hybridized carbons (Fsp3) is 0.533. The van der Waals surface area contributed by atoms with Crippen molar-refractivity contribution in [3.8, 4) is 0 Å². The van der Waals surface area contributed by atoms with Crippen molar-refractivity contribution in [2.45, 2.75) is 45.4 Å². The fourth-order valence-electron chi connectivity index (χ4n) is 2.99. The number of nitrogens with one attached hydrogen (secondary N) is 1. The summed E-state index contributed by atoms with van der Waals surface area (Å²) in [6, 6.07) is 3.97. The first-order valence-electron chi connectivity index (χ1n) is 7.35. The maximum atomic E-state index is 10.3. The summed E-state index contributed by atoms with van der Waals surface area (Å²) in [4.78, 5) is 0. The van der Waals surface area contributed by atoms with Crippen LogP contribution in [0.2, 0.25) is 0 Å². The highest BCUT2D eigenvalue weighted by Gasteiger charge is 2.33. The fourth-order valence-corrected chi connectivity index (χ4v) is 2.99. The van der Waals surface area contributed by atoms with Crippen LogP contribution in [-0.2, 0) is 6.54 Å². The predicted octanol–water partition coefficient (Wildman–Crippen LogP) is 1.54. The van der Waals surface area contributed by atoms with Crippen LogP contribution in [0.25, 0.3) is 0 Å². The standard InChI is InChI=1S/C15H21N5O/c1-10-6-13(11(2)19-18-10)17-14-7-12(8-15(14)21)9-20-5-3-4-16-20/h3-6,12,14-15,21H,7-9H2,1-2H3,(H,17,18)/t12?,14-,15-/m1/s1. The molecule has 0 amide bonds. The van der Waals surface area contributed by atoms with Crippen molar-refractivity contribution >= 4 is 5.69 Å². The molecule has 3 rings (SSSR count). The Morgan fingerprint density at radius 3 is 2.95 bits per heavy atom. The minimum absolute atomic E-state index is 0.0628. The summed E-state index contributed by atoms with van der Waals surface area (Å²) in [6.45, 7) is 4.70. The average molecular weight is 287 g/mol. The van der Waals surface area contributed by atoms with Crippen LogP contribution in [0.4, 0.5) is 5.69 Å². The lowest BCUT2D eigenvalue weighted by molar-refractivity contribution is 0.166. The van der Waals surface area contributed by atoms with E-state index in [1.165, 1.54) is 0 Å². The quantitative estimate of drug-likeness (QED) is 0.892. The Morgan fingerprint density at radius 1 is 1.33 bits per heavy atom. The molecule has 0 aromatic carbocycles. The summed E-state index contributed by atoms with van der Waals surface area (Å²) in [6.07, 6.45) is 5.15. The Morgan fingerprint density at radius 2 is 2.19 bits per heavy atom. The van der Waals surface area contributed by atoms with Gasteiger partial charge >= 0.3 is 0 Å². The first-order chi connectivity index (χ1) is 10.1. The SMILES string of the molecule is Cc1cc(N[C@@H]2CC(Cn3cccn3)C[C@H]2O)c(C)nn1. The van der Waals surface area contributed by atoms with Gasteiger partial charge in [-0.05, 0) is 44.7 Å². The van der Waals surface area contributed by atoms with Gasteiger partial charge in [0.15, 0.2) is 0 Å². The predicted molar refractivity (Wildman–Crippen MR) is 79.9 cm³/mol. The summed E-state index contributed by atoms with van der Waals surface area (Å²) >= 11 is 0. The molecule has 2 heterocycles. The van der Waals surface area contributed by atoms with E-state index in [-0.39, 0.29) is 12.1 Å². The number of aliphatic hydroxyl groups is 1. The molecule has 0 radical (unpaired) electrons. The van der Waals surface area contributed by atoms with E-state index in [2.05, 4.69) is 20.6 Å². The van der Waals surface area contributed by atoms with Crippen LogP contribution in [0.1, 0.15) is 24.2 Å². The van der Waals surface area contributed by atoms with Gasteiger partial charge in [0.1, 0.15) is 0 Å². The second kappa shape index (κ2) is 5.81. The molecule has 1 saturated carbocycles. The van der Waals surface area contributed by atoms with Crippen LogP contribution >= 0.6 is 0 Å². The van der Waals surface area contributed by atoms with Gasteiger partial charge in [-0.3, -0.25) is 4.68 Å². The second-order valence-corrected chi connectivity index (χ2v) is 5.87. The van der Waals surface area contributed by atoms with Crippen LogP contribution in [0.3, 0.4) is 0 Å². The molecule has 21 heavy (non-hydrogen) atoms. The number of aromatic nitrogens is 4. The minimum Gasteiger partial charge on any atom is -0.391 e. The van der Waals surface area contributed by atoms with E-state index in [1.807, 2.05) is 36.9 Å². The molecule has 1 aliphatic rings. The zero-order valence-electron chi connectivity index (χ0n) is 12.4. The Hall–Kier alpha value is -1.95. The number of rotatable bonds is 4. The molecule has 2 N–H and O–H groups in total. The van der Waals surface area contributed by atoms with Crippen molar-refractivity contribution < 1.29 is 5.11 Å². The molecule has 3 atom stereocenters. The smallest absolute Gasteiger partial charge is 0.0831 e. The zero-order chi connectivity index (χ0) is 14.8. The molecule has 2 aromatic rings. The van der Waals surface area contributed by atoms with E-state index in [0.29, 0.717) is 5.92 Å². The molecule has 0 bridgehead atoms. The molecular weight excluding hydrogens is 266 g/mol. The molecule has 0 saturated heterocycles. The maximum absolute atomic E-state index is 10.3. The van der Waals surface area contributed by atoms with Crippen LogP contribution in [-0.4, -0.2) is 37.2 Å². The topological polar surface area (TPSA) is 75.9 Å². The van der Waals surface area contributed by atoms with Gasteiger partial charge in [0.05, 0.1) is 29.2 Å². The lowest BCUT2D eigenvalue weighted by Gasteiger charge is -2.19. The van der Waals surface area contributed by atoms with Crippen LogP contribution < -0.4 is 5.32 Å². The van der Waals surface area contributed by atoms with Gasteiger partial charge < -0.3 is 10.4 Å². The van der Waals surface area contributed by atoms with Crippen LogP contribution in [0, 0.1) is 19.8 Å². The van der Waals surface area contributed by atoms with Crippen molar-refractivity contribution in [2.24, 2.45) is 5.92 Å². The highest BCUT2D eigenvalue weighted by atomic mass is 16.3. The molecule has 1 aliphatic carbocycles. The molecule has 112 valence electrons. The van der Waals surface area contributed by atoms with Gasteiger partial charge in [-0.1, -0.05) is 0 Å². The molecule has 2 aromatic heterocycles. The van der Waals surface area contributed by atoms with E-state index < -0.39 is 0 Å². The van der Waals surface area contributed by atoms with Crippen LogP contribution in [0.15, 0.2) is 24.5 Å². The van der Waals surface area contributed by atoms with Gasteiger partial charge in [0.2, 0.25) is 0 Å². The van der Waals surface area contributed by atoms with E-state index in [9.17, 15) is 5.11 Å². The van der Waals surface area contributed by atoms with Gasteiger partial charge in [-0.25, -0.2) is 0 Å². The van der Waals surface area contributed by atoms with Crippen LogP contribution in [0.5, 0.6) is 0 Å². The molecule has 6 heteroatoms. The summed E-state index contributed by atoms with van der Waals surface area (Å²) in [5.41, 5.74) is 2.71. The van der Waals surface area contributed by atoms with Crippen molar-refractivity contribution in [1.29, 1.82) is 0 Å². The van der Waals surface area contributed by atoms with Gasteiger partial charge in [-0.2, -0.15) is 15.3 Å². The lowest BCUT2D eigenvalue weighted by atomic mass is 10.1. The second-order valence-electron chi connectivity index (χ2n) is 5.87. The van der Waals surface area contributed by atoms with E-state index in [0.717, 1.165) is 36.5 Å². The van der Waals surface area contributed by atoms with Gasteiger partial charge in [-0.15, -0.1) is 0 Å². The molecule has 1 unspecified atom stereocenters. The number of nitrogens with zero attached hydrogens (tertiary/aromatic N) is 4. The summed E-state index contributed by atoms with van der Waals surface area (Å²) in [5.74, 6) is 0.439. The van der Waals surface area contributed by atoms with Crippen molar-refractivity contribution in [3.63, 3.8) is 0 Å². The monoisotopic (exact) mass is 287 g/mol. The normalized spacial score (nSPS) is 25.2. The van der Waals surface area contributed by atoms with Gasteiger partial charge in [0.25, 0.3) is 0 Å². The average Bonchev–Trinajstić information content (AvgIpc) is 3.05. The number of hydrogen-bond acceptors (Lipinski definition) is 5.